The first kappa shape index (κ1) is 24.6. The summed E-state index contributed by atoms with van der Waals surface area (Å²) in [7, 11) is 4.27. The Morgan fingerprint density at radius 2 is 1.90 bits per heavy atom. The second-order valence-electron chi connectivity index (χ2n) is 7.38. The highest BCUT2D eigenvalue weighted by Gasteiger charge is 2.25. The van der Waals surface area contributed by atoms with E-state index in [-0.39, 0.29) is 6.42 Å². The summed E-state index contributed by atoms with van der Waals surface area (Å²) in [6.07, 6.45) is 3.99. The number of ether oxygens (including phenoxy) is 2. The molecule has 0 spiro atoms. The molecule has 0 radical (unpaired) electrons. The first-order chi connectivity index (χ1) is 14.0. The third kappa shape index (κ3) is 7.90. The Morgan fingerprint density at radius 3 is 2.40 bits per heavy atom. The zero-order valence-electron chi connectivity index (χ0n) is 18.0. The molecule has 3 amide bonds. The Labute approximate surface area is 175 Å². The number of anilines is 1. The number of hydrogen-bond donors (Lipinski definition) is 1. The van der Waals surface area contributed by atoms with Gasteiger partial charge in [0.25, 0.3) is 0 Å². The van der Waals surface area contributed by atoms with Crippen LogP contribution in [0.2, 0.25) is 0 Å². The molecule has 0 saturated heterocycles. The largest absolute Gasteiger partial charge is 0.467 e. The van der Waals surface area contributed by atoms with Crippen LogP contribution in [0.25, 0.3) is 0 Å². The number of aromatic nitrogens is 1. The molecule has 1 heterocycles. The van der Waals surface area contributed by atoms with Crippen LogP contribution < -0.4 is 10.2 Å². The van der Waals surface area contributed by atoms with Gasteiger partial charge in [0.15, 0.2) is 0 Å². The summed E-state index contributed by atoms with van der Waals surface area (Å²) < 4.78 is 9.93. The van der Waals surface area contributed by atoms with Gasteiger partial charge in [0.1, 0.15) is 23.7 Å². The number of alkyl carbamates (subject to hydrolysis) is 1. The molecule has 0 aromatic carbocycles. The van der Waals surface area contributed by atoms with Gasteiger partial charge in [0.2, 0.25) is 0 Å². The van der Waals surface area contributed by atoms with Crippen LogP contribution in [0.3, 0.4) is 0 Å². The predicted octanol–water partition coefficient (Wildman–Crippen LogP) is 1.89. The van der Waals surface area contributed by atoms with Gasteiger partial charge >= 0.3 is 18.1 Å². The maximum atomic E-state index is 12.3. The van der Waals surface area contributed by atoms with E-state index in [1.165, 1.54) is 49.5 Å². The molecule has 30 heavy (non-hydrogen) atoms. The highest BCUT2D eigenvalue weighted by molar-refractivity contribution is 5.91. The van der Waals surface area contributed by atoms with E-state index in [4.69, 9.17) is 9.47 Å². The van der Waals surface area contributed by atoms with E-state index < -0.39 is 29.7 Å². The van der Waals surface area contributed by atoms with E-state index in [1.807, 2.05) is 0 Å². The van der Waals surface area contributed by atoms with Gasteiger partial charge in [-0.1, -0.05) is 6.07 Å². The van der Waals surface area contributed by atoms with E-state index >= 15 is 0 Å². The van der Waals surface area contributed by atoms with Crippen LogP contribution in [0.15, 0.2) is 30.6 Å². The molecule has 1 N–H and O–H groups in total. The molecule has 0 aliphatic carbocycles. The van der Waals surface area contributed by atoms with Crippen LogP contribution in [0.5, 0.6) is 0 Å². The quantitative estimate of drug-likeness (QED) is 0.406. The lowest BCUT2D eigenvalue weighted by atomic mass is 10.1. The maximum Gasteiger partial charge on any atom is 0.408 e. The van der Waals surface area contributed by atoms with Crippen LogP contribution in [0.1, 0.15) is 26.3 Å². The number of esters is 1. The van der Waals surface area contributed by atoms with Crippen molar-refractivity contribution in [3.8, 4) is 0 Å². The monoisotopic (exact) mass is 420 g/mol. The van der Waals surface area contributed by atoms with Crippen molar-refractivity contribution in [3.05, 3.63) is 36.2 Å². The zero-order chi connectivity index (χ0) is 22.9. The van der Waals surface area contributed by atoms with Crippen LogP contribution in [0.4, 0.5) is 15.4 Å². The Balaban J connectivity index is 2.87. The number of urea groups is 1. The number of aldehydes is 1. The predicted molar refractivity (Wildman–Crippen MR) is 110 cm³/mol. The third-order valence-corrected chi connectivity index (χ3v) is 3.75. The van der Waals surface area contributed by atoms with Gasteiger partial charge in [-0.05, 0) is 38.5 Å². The lowest BCUT2D eigenvalue weighted by molar-refractivity contribution is -0.143. The standard InChI is InChI=1S/C20H28N4O6/c1-20(2,3)30-18(27)22-15(17(26)29-6)12-14-8-9-16(21-13-14)24(5)19(28)23(4)10-7-11-25/h7-11,13,15H,12H2,1-6H3,(H,22,27)/b10-7-. The van der Waals surface area contributed by atoms with E-state index in [0.29, 0.717) is 17.7 Å². The molecule has 1 unspecified atom stereocenters. The minimum absolute atomic E-state index is 0.124. The van der Waals surface area contributed by atoms with Crippen molar-refractivity contribution >= 4 is 30.2 Å². The molecule has 10 heteroatoms. The molecule has 1 rings (SSSR count). The molecule has 0 bridgehead atoms. The lowest BCUT2D eigenvalue weighted by Gasteiger charge is -2.23. The van der Waals surface area contributed by atoms with Crippen molar-refractivity contribution in [2.24, 2.45) is 0 Å². The van der Waals surface area contributed by atoms with Crippen LogP contribution >= 0.6 is 0 Å². The molecule has 164 valence electrons. The van der Waals surface area contributed by atoms with Crippen LogP contribution in [0, 0.1) is 0 Å². The summed E-state index contributed by atoms with van der Waals surface area (Å²) >= 11 is 0. The van der Waals surface area contributed by atoms with Crippen molar-refractivity contribution in [1.29, 1.82) is 0 Å². The van der Waals surface area contributed by atoms with Crippen molar-refractivity contribution in [1.82, 2.24) is 15.2 Å². The molecule has 10 nitrogen and oxygen atoms in total. The average molecular weight is 420 g/mol. The number of amides is 3. The maximum absolute atomic E-state index is 12.3. The Morgan fingerprint density at radius 1 is 1.23 bits per heavy atom. The van der Waals surface area contributed by atoms with E-state index in [9.17, 15) is 19.2 Å². The Hall–Kier alpha value is -3.43. The smallest absolute Gasteiger partial charge is 0.408 e. The molecular weight excluding hydrogens is 392 g/mol. The first-order valence-electron chi connectivity index (χ1n) is 9.13. The van der Waals surface area contributed by atoms with Crippen molar-refractivity contribution in [2.45, 2.75) is 38.8 Å². The normalized spacial score (nSPS) is 12.1. The fourth-order valence-corrected chi connectivity index (χ4v) is 2.32. The van der Waals surface area contributed by atoms with Crippen molar-refractivity contribution in [2.75, 3.05) is 26.1 Å². The number of methoxy groups -OCH3 is 1. The number of pyridine rings is 1. The molecular formula is C20H28N4O6. The lowest BCUT2D eigenvalue weighted by Crippen LogP contribution is -2.45. The average Bonchev–Trinajstić information content (AvgIpc) is 2.68. The number of carbonyl (C=O) groups excluding carboxylic acids is 4. The van der Waals surface area contributed by atoms with E-state index in [1.54, 1.807) is 32.9 Å². The first-order valence-corrected chi connectivity index (χ1v) is 9.13. The number of nitrogens with one attached hydrogen (secondary N) is 1. The molecule has 1 aromatic rings. The topological polar surface area (TPSA) is 118 Å². The fourth-order valence-electron chi connectivity index (χ4n) is 2.32. The minimum Gasteiger partial charge on any atom is -0.467 e. The van der Waals surface area contributed by atoms with Gasteiger partial charge in [-0.15, -0.1) is 0 Å². The summed E-state index contributed by atoms with van der Waals surface area (Å²) in [6.45, 7) is 5.14. The Bertz CT molecular complexity index is 785. The van der Waals surface area contributed by atoms with Gasteiger partial charge in [-0.25, -0.2) is 19.4 Å². The van der Waals surface area contributed by atoms with Crippen molar-refractivity contribution < 1.29 is 28.7 Å². The van der Waals surface area contributed by atoms with Crippen LogP contribution in [-0.4, -0.2) is 67.1 Å². The summed E-state index contributed by atoms with van der Waals surface area (Å²) in [5.41, 5.74) is -0.0700. The molecule has 0 aliphatic heterocycles. The summed E-state index contributed by atoms with van der Waals surface area (Å²) in [4.78, 5) is 53.5. The van der Waals surface area contributed by atoms with Gasteiger partial charge in [-0.2, -0.15) is 0 Å². The van der Waals surface area contributed by atoms with Gasteiger partial charge < -0.3 is 19.7 Å². The number of allylic oxidation sites excluding steroid dienone is 1. The number of rotatable bonds is 7. The summed E-state index contributed by atoms with van der Waals surface area (Å²) in [6, 6.07) is 1.93. The summed E-state index contributed by atoms with van der Waals surface area (Å²) in [5, 5.41) is 2.49. The number of hydrogen-bond acceptors (Lipinski definition) is 7. The number of nitrogens with zero attached hydrogens (tertiary/aromatic N) is 3. The highest BCUT2D eigenvalue weighted by Crippen LogP contribution is 2.14. The summed E-state index contributed by atoms with van der Waals surface area (Å²) in [5.74, 6) is -0.259. The molecule has 1 aromatic heterocycles. The molecule has 1 atom stereocenters. The van der Waals surface area contributed by atoms with E-state index in [2.05, 4.69) is 10.3 Å². The third-order valence-electron chi connectivity index (χ3n) is 3.75. The van der Waals surface area contributed by atoms with E-state index in [0.717, 1.165) is 0 Å². The highest BCUT2D eigenvalue weighted by atomic mass is 16.6. The molecule has 0 saturated carbocycles. The number of carbonyl (C=O) groups is 4. The van der Waals surface area contributed by atoms with Gasteiger partial charge in [0, 0.05) is 32.9 Å². The Kier molecular flexibility index (Phi) is 8.97. The molecule has 0 aliphatic rings. The van der Waals surface area contributed by atoms with Gasteiger partial charge in [-0.3, -0.25) is 9.69 Å². The SMILES string of the molecule is COC(=O)C(Cc1ccc(N(C)C(=O)N(C)/C=C\C=O)nc1)NC(=O)OC(C)(C)C. The minimum atomic E-state index is -0.962. The van der Waals surface area contributed by atoms with Crippen molar-refractivity contribution in [3.63, 3.8) is 0 Å². The zero-order valence-corrected chi connectivity index (χ0v) is 18.0. The van der Waals surface area contributed by atoms with Gasteiger partial charge in [0.05, 0.1) is 7.11 Å². The van der Waals surface area contributed by atoms with Crippen LogP contribution in [-0.2, 0) is 25.5 Å². The second kappa shape index (κ2) is 10.9. The second-order valence-corrected chi connectivity index (χ2v) is 7.38. The molecule has 0 fully saturated rings. The fraction of sp³-hybridized carbons (Fsp3) is 0.450.